The molecule has 0 bridgehead atoms. The number of methoxy groups -OCH3 is 1. The van der Waals surface area contributed by atoms with E-state index >= 15 is 0 Å². The maximum Gasteiger partial charge on any atom is 0.188 e. The Labute approximate surface area is 171 Å². The van der Waals surface area contributed by atoms with Crippen LogP contribution in [0, 0.1) is 13.8 Å². The molecule has 0 saturated heterocycles. The molecule has 0 aliphatic heterocycles. The van der Waals surface area contributed by atoms with Gasteiger partial charge in [-0.05, 0) is 68.9 Å². The molecule has 29 heavy (non-hydrogen) atoms. The topological polar surface area (TPSA) is 69.4 Å². The van der Waals surface area contributed by atoms with Crippen molar-refractivity contribution in [2.45, 2.75) is 58.6 Å². The first-order chi connectivity index (χ1) is 13.8. The predicted octanol–water partition coefficient (Wildman–Crippen LogP) is 4.35. The number of nitrogens with zero attached hydrogens (tertiary/aromatic N) is 3. The van der Waals surface area contributed by atoms with Crippen LogP contribution in [0.5, 0.6) is 5.75 Å². The maximum atomic E-state index is 10.1. The van der Waals surface area contributed by atoms with E-state index in [0.717, 1.165) is 58.4 Å². The third-order valence-corrected chi connectivity index (χ3v) is 5.88. The zero-order chi connectivity index (χ0) is 20.8. The molecule has 3 aromatic rings. The molecule has 1 aliphatic rings. The zero-order valence-electron chi connectivity index (χ0n) is 17.8. The second kappa shape index (κ2) is 7.43. The Morgan fingerprint density at radius 2 is 1.93 bits per heavy atom. The van der Waals surface area contributed by atoms with Gasteiger partial charge in [-0.1, -0.05) is 13.0 Å². The van der Waals surface area contributed by atoms with E-state index in [4.69, 9.17) is 9.47 Å². The van der Waals surface area contributed by atoms with Crippen molar-refractivity contribution >= 4 is 11.0 Å². The fraction of sp³-hybridized carbons (Fsp3) is 0.478. The molecule has 6 nitrogen and oxygen atoms in total. The molecule has 1 N–H and O–H groups in total. The smallest absolute Gasteiger partial charge is 0.188 e. The summed E-state index contributed by atoms with van der Waals surface area (Å²) in [5.41, 5.74) is 5.52. The lowest BCUT2D eigenvalue weighted by Gasteiger charge is -2.41. The third kappa shape index (κ3) is 3.63. The number of hydrogen-bond acceptors (Lipinski definition) is 5. The van der Waals surface area contributed by atoms with Crippen LogP contribution in [0.25, 0.3) is 22.3 Å². The Balaban J connectivity index is 1.78. The van der Waals surface area contributed by atoms with Crippen LogP contribution in [0.2, 0.25) is 0 Å². The average Bonchev–Trinajstić information content (AvgIpc) is 2.99. The first kappa shape index (κ1) is 19.9. The Morgan fingerprint density at radius 3 is 2.59 bits per heavy atom. The van der Waals surface area contributed by atoms with Crippen LogP contribution in [0.3, 0.4) is 0 Å². The molecule has 1 aliphatic carbocycles. The number of ether oxygens (including phenoxy) is 2. The van der Waals surface area contributed by atoms with Crippen molar-refractivity contribution < 1.29 is 14.6 Å². The SMILES string of the molecule is CCc1cc(C)c(-c2cc3c(C)cn(C4CC(C)(O)C4)c3nn2)c(OCOC)c1. The molecule has 154 valence electrons. The molecule has 2 aromatic heterocycles. The van der Waals surface area contributed by atoms with Gasteiger partial charge < -0.3 is 19.1 Å². The summed E-state index contributed by atoms with van der Waals surface area (Å²) in [7, 11) is 1.62. The largest absolute Gasteiger partial charge is 0.467 e. The second-order valence-electron chi connectivity index (χ2n) is 8.44. The van der Waals surface area contributed by atoms with Gasteiger partial charge >= 0.3 is 0 Å². The van der Waals surface area contributed by atoms with Gasteiger partial charge in [0, 0.05) is 30.3 Å². The van der Waals surface area contributed by atoms with Crippen LogP contribution in [0.4, 0.5) is 0 Å². The van der Waals surface area contributed by atoms with Crippen LogP contribution in [0.1, 0.15) is 49.4 Å². The summed E-state index contributed by atoms with van der Waals surface area (Å²) in [5, 5.41) is 20.3. The molecule has 2 heterocycles. The second-order valence-corrected chi connectivity index (χ2v) is 8.44. The Hall–Kier alpha value is -2.44. The van der Waals surface area contributed by atoms with Gasteiger partial charge in [0.1, 0.15) is 5.75 Å². The highest BCUT2D eigenvalue weighted by Gasteiger charge is 2.40. The van der Waals surface area contributed by atoms with Crippen LogP contribution in [-0.2, 0) is 11.2 Å². The molecule has 0 spiro atoms. The van der Waals surface area contributed by atoms with E-state index in [9.17, 15) is 5.11 Å². The summed E-state index contributed by atoms with van der Waals surface area (Å²) in [6.45, 7) is 8.37. The number of benzene rings is 1. The van der Waals surface area contributed by atoms with E-state index < -0.39 is 5.60 Å². The lowest BCUT2D eigenvalue weighted by atomic mass is 9.77. The van der Waals surface area contributed by atoms with Crippen LogP contribution in [-0.4, -0.2) is 39.4 Å². The number of aliphatic hydroxyl groups is 1. The highest BCUT2D eigenvalue weighted by molar-refractivity contribution is 5.85. The van der Waals surface area contributed by atoms with Crippen LogP contribution < -0.4 is 4.74 Å². The summed E-state index contributed by atoms with van der Waals surface area (Å²) in [6, 6.07) is 6.60. The first-order valence-corrected chi connectivity index (χ1v) is 10.2. The van der Waals surface area contributed by atoms with Crippen molar-refractivity contribution in [3.8, 4) is 17.0 Å². The van der Waals surface area contributed by atoms with Crippen molar-refractivity contribution in [1.29, 1.82) is 0 Å². The maximum absolute atomic E-state index is 10.1. The van der Waals surface area contributed by atoms with Gasteiger partial charge in [0.05, 0.1) is 11.3 Å². The van der Waals surface area contributed by atoms with Crippen molar-refractivity contribution in [3.05, 3.63) is 41.1 Å². The summed E-state index contributed by atoms with van der Waals surface area (Å²) in [5.74, 6) is 0.768. The number of fused-ring (bicyclic) bond motifs is 1. The molecule has 6 heteroatoms. The highest BCUT2D eigenvalue weighted by atomic mass is 16.7. The number of hydrogen-bond donors (Lipinski definition) is 1. The minimum absolute atomic E-state index is 0.187. The standard InChI is InChI=1S/C23H29N3O3/c1-6-16-7-14(2)21(20(8-16)29-13-28-5)19-9-18-15(3)12-26(22(18)25-24-19)17-10-23(4,27)11-17/h7-9,12,17,27H,6,10-11,13H2,1-5H3. The molecule has 0 radical (unpaired) electrons. The fourth-order valence-corrected chi connectivity index (χ4v) is 4.35. The van der Waals surface area contributed by atoms with E-state index in [1.165, 1.54) is 5.56 Å². The monoisotopic (exact) mass is 395 g/mol. The summed E-state index contributed by atoms with van der Waals surface area (Å²) < 4.78 is 13.2. The fourth-order valence-electron chi connectivity index (χ4n) is 4.35. The van der Waals surface area contributed by atoms with Gasteiger partial charge in [0.15, 0.2) is 12.4 Å². The molecule has 0 unspecified atom stereocenters. The number of rotatable bonds is 6. The lowest BCUT2D eigenvalue weighted by Crippen LogP contribution is -2.41. The minimum Gasteiger partial charge on any atom is -0.467 e. The summed E-state index contributed by atoms with van der Waals surface area (Å²) in [4.78, 5) is 0. The van der Waals surface area contributed by atoms with E-state index in [1.807, 2.05) is 6.92 Å². The normalized spacial score (nSPS) is 21.4. The predicted molar refractivity (Wildman–Crippen MR) is 113 cm³/mol. The Kier molecular flexibility index (Phi) is 5.09. The third-order valence-electron chi connectivity index (χ3n) is 5.88. The molecule has 0 amide bonds. The van der Waals surface area contributed by atoms with Crippen LogP contribution >= 0.6 is 0 Å². The highest BCUT2D eigenvalue weighted by Crippen LogP contribution is 2.43. The van der Waals surface area contributed by atoms with Gasteiger partial charge in [-0.25, -0.2) is 0 Å². The first-order valence-electron chi connectivity index (χ1n) is 10.2. The van der Waals surface area contributed by atoms with Gasteiger partial charge in [0.25, 0.3) is 0 Å². The number of aryl methyl sites for hydroxylation is 3. The van der Waals surface area contributed by atoms with Gasteiger partial charge in [-0.3, -0.25) is 0 Å². The van der Waals surface area contributed by atoms with E-state index in [1.54, 1.807) is 7.11 Å². The Bertz CT molecular complexity index is 1050. The molecule has 0 atom stereocenters. The summed E-state index contributed by atoms with van der Waals surface area (Å²) in [6.07, 6.45) is 4.54. The van der Waals surface area contributed by atoms with Crippen molar-refractivity contribution in [2.24, 2.45) is 0 Å². The molecular formula is C23H29N3O3. The zero-order valence-corrected chi connectivity index (χ0v) is 17.8. The quantitative estimate of drug-likeness (QED) is 0.629. The van der Waals surface area contributed by atoms with Crippen molar-refractivity contribution in [2.75, 3.05) is 13.9 Å². The lowest BCUT2D eigenvalue weighted by molar-refractivity contribution is -0.0498. The molecule has 4 rings (SSSR count). The molecular weight excluding hydrogens is 366 g/mol. The van der Waals surface area contributed by atoms with Crippen molar-refractivity contribution in [3.63, 3.8) is 0 Å². The average molecular weight is 396 g/mol. The van der Waals surface area contributed by atoms with E-state index in [-0.39, 0.29) is 12.8 Å². The van der Waals surface area contributed by atoms with Gasteiger partial charge in [-0.15, -0.1) is 10.2 Å². The van der Waals surface area contributed by atoms with Crippen molar-refractivity contribution in [1.82, 2.24) is 14.8 Å². The molecule has 1 aromatic carbocycles. The molecule has 1 saturated carbocycles. The van der Waals surface area contributed by atoms with Gasteiger partial charge in [-0.2, -0.15) is 0 Å². The van der Waals surface area contributed by atoms with E-state index in [0.29, 0.717) is 0 Å². The minimum atomic E-state index is -0.575. The molecule has 1 fully saturated rings. The van der Waals surface area contributed by atoms with Gasteiger partial charge in [0.2, 0.25) is 0 Å². The summed E-state index contributed by atoms with van der Waals surface area (Å²) >= 11 is 0. The number of aromatic nitrogens is 3. The van der Waals surface area contributed by atoms with Crippen LogP contribution in [0.15, 0.2) is 24.4 Å². The Morgan fingerprint density at radius 1 is 1.17 bits per heavy atom. The van der Waals surface area contributed by atoms with E-state index in [2.05, 4.69) is 59.9 Å².